The second-order valence-corrected chi connectivity index (χ2v) is 3.88. The SMILES string of the molecule is COc1ncnc(Oc2ccc(Cl)c(F)c2)c1[N+](=O)[O-]. The summed E-state index contributed by atoms with van der Waals surface area (Å²) in [5, 5.41) is 10.9. The van der Waals surface area contributed by atoms with Crippen LogP contribution in [0.5, 0.6) is 17.5 Å². The van der Waals surface area contributed by atoms with Gasteiger partial charge in [-0.3, -0.25) is 10.1 Å². The van der Waals surface area contributed by atoms with Gasteiger partial charge >= 0.3 is 17.4 Å². The Labute approximate surface area is 117 Å². The lowest BCUT2D eigenvalue weighted by Crippen LogP contribution is -2.01. The largest absolute Gasteiger partial charge is 0.476 e. The molecule has 0 atom stereocenters. The summed E-state index contributed by atoms with van der Waals surface area (Å²) in [6.07, 6.45) is 1.04. The van der Waals surface area contributed by atoms with E-state index in [0.29, 0.717) is 0 Å². The van der Waals surface area contributed by atoms with E-state index in [0.717, 1.165) is 12.4 Å². The van der Waals surface area contributed by atoms with Crippen LogP contribution in [0.3, 0.4) is 0 Å². The molecule has 0 saturated heterocycles. The van der Waals surface area contributed by atoms with Crippen LogP contribution in [0.15, 0.2) is 24.5 Å². The average molecular weight is 300 g/mol. The predicted molar refractivity (Wildman–Crippen MR) is 66.7 cm³/mol. The van der Waals surface area contributed by atoms with Crippen molar-refractivity contribution in [2.45, 2.75) is 0 Å². The van der Waals surface area contributed by atoms with Gasteiger partial charge in [0.2, 0.25) is 0 Å². The van der Waals surface area contributed by atoms with Crippen molar-refractivity contribution in [1.29, 1.82) is 0 Å². The quantitative estimate of drug-likeness (QED) is 0.637. The third kappa shape index (κ3) is 2.75. The maximum absolute atomic E-state index is 13.3. The van der Waals surface area contributed by atoms with Gasteiger partial charge in [-0.1, -0.05) is 11.6 Å². The number of nitrogens with zero attached hydrogens (tertiary/aromatic N) is 3. The summed E-state index contributed by atoms with van der Waals surface area (Å²) < 4.78 is 23.2. The van der Waals surface area contributed by atoms with Gasteiger partial charge in [-0.05, 0) is 12.1 Å². The van der Waals surface area contributed by atoms with Crippen molar-refractivity contribution >= 4 is 17.3 Å². The fourth-order valence-corrected chi connectivity index (χ4v) is 1.50. The molecule has 0 spiro atoms. The second-order valence-electron chi connectivity index (χ2n) is 3.47. The van der Waals surface area contributed by atoms with Crippen LogP contribution in [0.4, 0.5) is 10.1 Å². The molecule has 0 saturated carbocycles. The van der Waals surface area contributed by atoms with Crippen molar-refractivity contribution < 1.29 is 18.8 Å². The van der Waals surface area contributed by atoms with Gasteiger partial charge in [0.05, 0.1) is 17.1 Å². The number of ether oxygens (including phenoxy) is 2. The van der Waals surface area contributed by atoms with E-state index in [1.165, 1.54) is 19.2 Å². The number of aromatic nitrogens is 2. The van der Waals surface area contributed by atoms with Crippen LogP contribution in [0.25, 0.3) is 0 Å². The number of rotatable bonds is 4. The molecule has 20 heavy (non-hydrogen) atoms. The first-order valence-electron chi connectivity index (χ1n) is 5.19. The van der Waals surface area contributed by atoms with E-state index < -0.39 is 16.4 Å². The summed E-state index contributed by atoms with van der Waals surface area (Å²) >= 11 is 5.53. The van der Waals surface area contributed by atoms with Crippen LogP contribution < -0.4 is 9.47 Å². The van der Waals surface area contributed by atoms with Crippen molar-refractivity contribution in [3.8, 4) is 17.5 Å². The average Bonchev–Trinajstić information content (AvgIpc) is 2.42. The van der Waals surface area contributed by atoms with Crippen molar-refractivity contribution in [1.82, 2.24) is 9.97 Å². The standard InChI is InChI=1S/C11H7ClFN3O4/c1-19-10-9(16(17)18)11(15-5-14-10)20-6-2-3-7(12)8(13)4-6/h2-5H,1H3. The molecule has 0 aliphatic carbocycles. The van der Waals surface area contributed by atoms with Crippen LogP contribution >= 0.6 is 11.6 Å². The van der Waals surface area contributed by atoms with Gasteiger partial charge in [-0.25, -0.2) is 4.39 Å². The number of methoxy groups -OCH3 is 1. The molecule has 2 aromatic rings. The molecule has 1 aromatic heterocycles. The lowest BCUT2D eigenvalue weighted by atomic mass is 10.3. The molecule has 0 unspecified atom stereocenters. The summed E-state index contributed by atoms with van der Waals surface area (Å²) in [5.74, 6) is -1.32. The maximum Gasteiger partial charge on any atom is 0.392 e. The normalized spacial score (nSPS) is 10.2. The maximum atomic E-state index is 13.3. The number of nitro groups is 1. The third-order valence-electron chi connectivity index (χ3n) is 2.24. The van der Waals surface area contributed by atoms with E-state index in [1.54, 1.807) is 0 Å². The zero-order valence-corrected chi connectivity index (χ0v) is 10.8. The molecule has 1 heterocycles. The first kappa shape index (κ1) is 13.9. The van der Waals surface area contributed by atoms with E-state index in [1.807, 2.05) is 0 Å². The second kappa shape index (κ2) is 5.66. The smallest absolute Gasteiger partial charge is 0.392 e. The van der Waals surface area contributed by atoms with Crippen LogP contribution in [-0.4, -0.2) is 22.0 Å². The molecular weight excluding hydrogens is 293 g/mol. The van der Waals surface area contributed by atoms with Gasteiger partial charge in [0, 0.05) is 6.07 Å². The number of hydrogen-bond acceptors (Lipinski definition) is 6. The van der Waals surface area contributed by atoms with E-state index in [2.05, 4.69) is 9.97 Å². The van der Waals surface area contributed by atoms with Crippen molar-refractivity contribution in [3.05, 3.63) is 45.5 Å². The number of benzene rings is 1. The van der Waals surface area contributed by atoms with Crippen LogP contribution in [0.1, 0.15) is 0 Å². The zero-order valence-electron chi connectivity index (χ0n) is 10.0. The molecule has 0 fully saturated rings. The Hall–Kier alpha value is -2.48. The molecule has 0 amide bonds. The van der Waals surface area contributed by atoms with Gasteiger partial charge in [0.15, 0.2) is 0 Å². The zero-order chi connectivity index (χ0) is 14.7. The molecule has 0 radical (unpaired) electrons. The van der Waals surface area contributed by atoms with Crippen molar-refractivity contribution in [2.75, 3.05) is 7.11 Å². The molecule has 7 nitrogen and oxygen atoms in total. The Bertz CT molecular complexity index is 668. The first-order valence-corrected chi connectivity index (χ1v) is 5.57. The highest BCUT2D eigenvalue weighted by Gasteiger charge is 2.26. The Morgan fingerprint density at radius 1 is 1.35 bits per heavy atom. The third-order valence-corrected chi connectivity index (χ3v) is 2.54. The van der Waals surface area contributed by atoms with Gasteiger partial charge in [0.1, 0.15) is 17.9 Å². The highest BCUT2D eigenvalue weighted by Crippen LogP contribution is 2.35. The summed E-state index contributed by atoms with van der Waals surface area (Å²) in [6, 6.07) is 3.60. The van der Waals surface area contributed by atoms with Gasteiger partial charge < -0.3 is 9.47 Å². The van der Waals surface area contributed by atoms with E-state index in [9.17, 15) is 14.5 Å². The van der Waals surface area contributed by atoms with Crippen molar-refractivity contribution in [3.63, 3.8) is 0 Å². The van der Waals surface area contributed by atoms with Crippen LogP contribution in [0.2, 0.25) is 5.02 Å². The van der Waals surface area contributed by atoms with Crippen molar-refractivity contribution in [2.24, 2.45) is 0 Å². The van der Waals surface area contributed by atoms with Gasteiger partial charge in [0.25, 0.3) is 0 Å². The Balaban J connectivity index is 2.42. The molecule has 2 rings (SSSR count). The minimum absolute atomic E-state index is 0.00996. The minimum atomic E-state index is -0.750. The van der Waals surface area contributed by atoms with E-state index in [4.69, 9.17) is 21.1 Å². The first-order chi connectivity index (χ1) is 9.52. The Morgan fingerprint density at radius 2 is 2.05 bits per heavy atom. The fraction of sp³-hybridized carbons (Fsp3) is 0.0909. The summed E-state index contributed by atoms with van der Waals surface area (Å²) in [6.45, 7) is 0. The van der Waals surface area contributed by atoms with Crippen LogP contribution in [0, 0.1) is 15.9 Å². The number of hydrogen-bond donors (Lipinski definition) is 0. The van der Waals surface area contributed by atoms with Crippen LogP contribution in [-0.2, 0) is 0 Å². The van der Waals surface area contributed by atoms with Gasteiger partial charge in [-0.2, -0.15) is 9.97 Å². The fourth-order valence-electron chi connectivity index (χ4n) is 1.38. The summed E-state index contributed by atoms with van der Waals surface area (Å²) in [4.78, 5) is 17.5. The molecule has 0 N–H and O–H groups in total. The highest BCUT2D eigenvalue weighted by atomic mass is 35.5. The van der Waals surface area contributed by atoms with Gasteiger partial charge in [-0.15, -0.1) is 0 Å². The Kier molecular flexibility index (Phi) is 3.94. The van der Waals surface area contributed by atoms with E-state index >= 15 is 0 Å². The summed E-state index contributed by atoms with van der Waals surface area (Å²) in [7, 11) is 1.22. The lowest BCUT2D eigenvalue weighted by molar-refractivity contribution is -0.387. The minimum Gasteiger partial charge on any atom is -0.476 e. The van der Waals surface area contributed by atoms with E-state index in [-0.39, 0.29) is 22.5 Å². The molecule has 9 heteroatoms. The molecule has 1 aromatic carbocycles. The lowest BCUT2D eigenvalue weighted by Gasteiger charge is -2.07. The molecule has 104 valence electrons. The molecule has 0 bridgehead atoms. The molecule has 0 aliphatic rings. The molecular formula is C11H7ClFN3O4. The Morgan fingerprint density at radius 3 is 2.65 bits per heavy atom. The number of halogens is 2. The highest BCUT2D eigenvalue weighted by molar-refractivity contribution is 6.30. The monoisotopic (exact) mass is 299 g/mol. The summed E-state index contributed by atoms with van der Waals surface area (Å²) in [5.41, 5.74) is -0.551. The predicted octanol–water partition coefficient (Wildman–Crippen LogP) is 2.98. The topological polar surface area (TPSA) is 87.4 Å². The molecule has 0 aliphatic heterocycles.